The van der Waals surface area contributed by atoms with Gasteiger partial charge in [-0.05, 0) is 12.8 Å². The number of aryl methyl sites for hydroxylation is 1. The van der Waals surface area contributed by atoms with Gasteiger partial charge in [-0.2, -0.15) is 5.10 Å². The molecule has 1 aromatic rings. The van der Waals surface area contributed by atoms with Gasteiger partial charge in [0.05, 0.1) is 5.92 Å². The fraction of sp³-hybridized carbons (Fsp3) is 0.600. The topological polar surface area (TPSA) is 58.4 Å². The first-order valence-corrected chi connectivity index (χ1v) is 5.14. The molecule has 1 saturated heterocycles. The molecule has 1 aliphatic heterocycles. The summed E-state index contributed by atoms with van der Waals surface area (Å²) < 4.78 is 1.74. The fourth-order valence-electron chi connectivity index (χ4n) is 1.96. The van der Waals surface area contributed by atoms with Gasteiger partial charge in [-0.3, -0.25) is 9.48 Å². The van der Waals surface area contributed by atoms with Crippen molar-refractivity contribution in [3.05, 3.63) is 12.3 Å². The first kappa shape index (κ1) is 10.0. The molecule has 1 aromatic heterocycles. The summed E-state index contributed by atoms with van der Waals surface area (Å²) in [6.07, 6.45) is 3.58. The first-order valence-electron chi connectivity index (χ1n) is 5.14. The fourth-order valence-corrected chi connectivity index (χ4v) is 1.96. The van der Waals surface area contributed by atoms with E-state index in [2.05, 4.69) is 5.10 Å². The highest BCUT2D eigenvalue weighted by molar-refractivity contribution is 5.71. The van der Waals surface area contributed by atoms with E-state index in [9.17, 15) is 4.79 Å². The molecule has 15 heavy (non-hydrogen) atoms. The van der Waals surface area contributed by atoms with Crippen LogP contribution in [0, 0.1) is 5.92 Å². The zero-order chi connectivity index (χ0) is 10.8. The number of aliphatic carboxylic acids is 1. The van der Waals surface area contributed by atoms with Crippen LogP contribution >= 0.6 is 0 Å². The average molecular weight is 209 g/mol. The van der Waals surface area contributed by atoms with Gasteiger partial charge in [0.25, 0.3) is 0 Å². The highest BCUT2D eigenvalue weighted by Gasteiger charge is 2.26. The van der Waals surface area contributed by atoms with E-state index in [4.69, 9.17) is 5.11 Å². The van der Waals surface area contributed by atoms with Crippen molar-refractivity contribution < 1.29 is 9.90 Å². The Balaban J connectivity index is 2.07. The molecule has 0 aliphatic carbocycles. The Hall–Kier alpha value is -1.52. The standard InChI is InChI=1S/C10H15N3O2/c1-12-6-4-9(11-12)13-5-2-3-8(7-13)10(14)15/h4,6,8H,2-3,5,7H2,1H3,(H,14,15). The summed E-state index contributed by atoms with van der Waals surface area (Å²) >= 11 is 0. The summed E-state index contributed by atoms with van der Waals surface area (Å²) in [5, 5.41) is 13.2. The number of hydrogen-bond acceptors (Lipinski definition) is 3. The largest absolute Gasteiger partial charge is 0.481 e. The molecule has 2 rings (SSSR count). The molecule has 5 heteroatoms. The highest BCUT2D eigenvalue weighted by Crippen LogP contribution is 2.21. The predicted octanol–water partition coefficient (Wildman–Crippen LogP) is 0.721. The molecule has 1 N–H and O–H groups in total. The molecule has 1 unspecified atom stereocenters. The monoisotopic (exact) mass is 209 g/mol. The van der Waals surface area contributed by atoms with Gasteiger partial charge in [-0.25, -0.2) is 0 Å². The molecular formula is C10H15N3O2. The van der Waals surface area contributed by atoms with Crippen LogP contribution in [0.3, 0.4) is 0 Å². The summed E-state index contributed by atoms with van der Waals surface area (Å²) in [7, 11) is 1.86. The minimum atomic E-state index is -0.698. The average Bonchev–Trinajstić information content (AvgIpc) is 2.65. The first-order chi connectivity index (χ1) is 7.16. The van der Waals surface area contributed by atoms with Crippen molar-refractivity contribution in [2.45, 2.75) is 12.8 Å². The lowest BCUT2D eigenvalue weighted by Crippen LogP contribution is -2.38. The molecule has 1 fully saturated rings. The molecule has 0 spiro atoms. The summed E-state index contributed by atoms with van der Waals surface area (Å²) in [5.74, 6) is -0.0696. The Morgan fingerprint density at radius 3 is 3.07 bits per heavy atom. The Bertz CT molecular complexity index is 361. The zero-order valence-corrected chi connectivity index (χ0v) is 8.76. The second-order valence-corrected chi connectivity index (χ2v) is 3.97. The number of aromatic nitrogens is 2. The molecule has 82 valence electrons. The molecule has 0 aromatic carbocycles. The van der Waals surface area contributed by atoms with E-state index in [0.717, 1.165) is 25.2 Å². The molecule has 1 aliphatic rings. The van der Waals surface area contributed by atoms with E-state index in [-0.39, 0.29) is 5.92 Å². The van der Waals surface area contributed by atoms with Crippen LogP contribution in [0.4, 0.5) is 5.82 Å². The number of carbonyl (C=O) groups is 1. The predicted molar refractivity (Wildman–Crippen MR) is 55.8 cm³/mol. The maximum atomic E-state index is 10.9. The van der Waals surface area contributed by atoms with Crippen molar-refractivity contribution in [3.8, 4) is 0 Å². The van der Waals surface area contributed by atoms with Crippen LogP contribution in [0.5, 0.6) is 0 Å². The van der Waals surface area contributed by atoms with Gasteiger partial charge < -0.3 is 10.0 Å². The third kappa shape index (κ3) is 2.11. The third-order valence-corrected chi connectivity index (χ3v) is 2.79. The molecule has 2 heterocycles. The zero-order valence-electron chi connectivity index (χ0n) is 8.76. The molecule has 0 saturated carbocycles. The molecular weight excluding hydrogens is 194 g/mol. The summed E-state index contributed by atoms with van der Waals surface area (Å²) in [6, 6.07) is 1.92. The molecule has 0 amide bonds. The van der Waals surface area contributed by atoms with Crippen molar-refractivity contribution in [3.63, 3.8) is 0 Å². The Morgan fingerprint density at radius 1 is 1.67 bits per heavy atom. The maximum absolute atomic E-state index is 10.9. The number of hydrogen-bond donors (Lipinski definition) is 1. The van der Waals surface area contributed by atoms with Gasteiger partial charge in [-0.15, -0.1) is 0 Å². The molecule has 5 nitrogen and oxygen atoms in total. The Kier molecular flexibility index (Phi) is 2.62. The van der Waals surface area contributed by atoms with E-state index < -0.39 is 5.97 Å². The minimum Gasteiger partial charge on any atom is -0.481 e. The van der Waals surface area contributed by atoms with Gasteiger partial charge in [-0.1, -0.05) is 0 Å². The van der Waals surface area contributed by atoms with Crippen molar-refractivity contribution in [2.75, 3.05) is 18.0 Å². The second kappa shape index (κ2) is 3.92. The van der Waals surface area contributed by atoms with E-state index >= 15 is 0 Å². The van der Waals surface area contributed by atoms with Crippen molar-refractivity contribution in [2.24, 2.45) is 13.0 Å². The van der Waals surface area contributed by atoms with Gasteiger partial charge in [0.15, 0.2) is 5.82 Å². The van der Waals surface area contributed by atoms with Crippen LogP contribution in [0.25, 0.3) is 0 Å². The van der Waals surface area contributed by atoms with Crippen LogP contribution < -0.4 is 4.90 Å². The second-order valence-electron chi connectivity index (χ2n) is 3.97. The van der Waals surface area contributed by atoms with Gasteiger partial charge in [0.2, 0.25) is 0 Å². The number of nitrogens with zero attached hydrogens (tertiary/aromatic N) is 3. The van der Waals surface area contributed by atoms with Crippen LogP contribution in [0.2, 0.25) is 0 Å². The number of carboxylic acids is 1. The Labute approximate surface area is 88.3 Å². The van der Waals surface area contributed by atoms with E-state index in [1.165, 1.54) is 0 Å². The van der Waals surface area contributed by atoms with Crippen molar-refractivity contribution in [1.29, 1.82) is 0 Å². The minimum absolute atomic E-state index is 0.249. The molecule has 0 bridgehead atoms. The van der Waals surface area contributed by atoms with E-state index in [0.29, 0.717) is 6.54 Å². The SMILES string of the molecule is Cn1ccc(N2CCCC(C(=O)O)C2)n1. The summed E-state index contributed by atoms with van der Waals surface area (Å²) in [6.45, 7) is 1.48. The maximum Gasteiger partial charge on any atom is 0.308 e. The van der Waals surface area contributed by atoms with Crippen LogP contribution in [0.15, 0.2) is 12.3 Å². The number of piperidine rings is 1. The molecule has 1 atom stereocenters. The molecule has 0 radical (unpaired) electrons. The van der Waals surface area contributed by atoms with Crippen molar-refractivity contribution in [1.82, 2.24) is 9.78 Å². The van der Waals surface area contributed by atoms with E-state index in [1.54, 1.807) is 4.68 Å². The van der Waals surface area contributed by atoms with Crippen molar-refractivity contribution >= 4 is 11.8 Å². The highest BCUT2D eigenvalue weighted by atomic mass is 16.4. The lowest BCUT2D eigenvalue weighted by molar-refractivity contribution is -0.141. The van der Waals surface area contributed by atoms with Crippen LogP contribution in [0.1, 0.15) is 12.8 Å². The summed E-state index contributed by atoms with van der Waals surface area (Å²) in [4.78, 5) is 12.9. The van der Waals surface area contributed by atoms with Gasteiger partial charge in [0, 0.05) is 32.4 Å². The van der Waals surface area contributed by atoms with Gasteiger partial charge in [0.1, 0.15) is 0 Å². The Morgan fingerprint density at radius 2 is 2.47 bits per heavy atom. The van der Waals surface area contributed by atoms with E-state index in [1.807, 2.05) is 24.2 Å². The lowest BCUT2D eigenvalue weighted by atomic mass is 9.98. The third-order valence-electron chi connectivity index (χ3n) is 2.79. The van der Waals surface area contributed by atoms with Crippen LogP contribution in [-0.2, 0) is 11.8 Å². The quantitative estimate of drug-likeness (QED) is 0.779. The summed E-state index contributed by atoms with van der Waals surface area (Å²) in [5.41, 5.74) is 0. The normalized spacial score (nSPS) is 21.7. The van der Waals surface area contributed by atoms with Crippen LogP contribution in [-0.4, -0.2) is 33.9 Å². The number of carboxylic acid groups (broad SMARTS) is 1. The number of anilines is 1. The van der Waals surface area contributed by atoms with Gasteiger partial charge >= 0.3 is 5.97 Å². The number of rotatable bonds is 2. The lowest BCUT2D eigenvalue weighted by Gasteiger charge is -2.30. The smallest absolute Gasteiger partial charge is 0.308 e.